The summed E-state index contributed by atoms with van der Waals surface area (Å²) in [5, 5.41) is 3.20. The van der Waals surface area contributed by atoms with Crippen molar-refractivity contribution in [3.63, 3.8) is 0 Å². The molecule has 0 aliphatic carbocycles. The molecule has 1 unspecified atom stereocenters. The Kier molecular flexibility index (Phi) is 4.76. The molecule has 0 radical (unpaired) electrons. The summed E-state index contributed by atoms with van der Waals surface area (Å²) in [6.45, 7) is 8.96. The molecular formula is C16H26N2O2S. The molecule has 1 aromatic carbocycles. The highest BCUT2D eigenvalue weighted by Gasteiger charge is 2.32. The van der Waals surface area contributed by atoms with Gasteiger partial charge in [0.25, 0.3) is 0 Å². The normalized spacial score (nSPS) is 20.7. The van der Waals surface area contributed by atoms with Gasteiger partial charge >= 0.3 is 0 Å². The smallest absolute Gasteiger partial charge is 0.243 e. The number of nitrogens with one attached hydrogen (secondary N) is 1. The fraction of sp³-hybridized carbons (Fsp3) is 0.625. The fourth-order valence-electron chi connectivity index (χ4n) is 3.09. The summed E-state index contributed by atoms with van der Waals surface area (Å²) < 4.78 is 27.8. The van der Waals surface area contributed by atoms with Gasteiger partial charge in [0.15, 0.2) is 0 Å². The molecule has 1 heterocycles. The van der Waals surface area contributed by atoms with Crippen molar-refractivity contribution in [2.75, 3.05) is 20.1 Å². The van der Waals surface area contributed by atoms with Gasteiger partial charge in [0.2, 0.25) is 10.0 Å². The molecule has 21 heavy (non-hydrogen) atoms. The zero-order chi connectivity index (χ0) is 15.8. The van der Waals surface area contributed by atoms with Gasteiger partial charge in [0.05, 0.1) is 4.90 Å². The van der Waals surface area contributed by atoms with Crippen LogP contribution in [0.5, 0.6) is 0 Å². The second-order valence-corrected chi connectivity index (χ2v) is 7.96. The number of aryl methyl sites for hydroxylation is 2. The first kappa shape index (κ1) is 16.5. The summed E-state index contributed by atoms with van der Waals surface area (Å²) in [4.78, 5) is 0.511. The Morgan fingerprint density at radius 2 is 1.71 bits per heavy atom. The van der Waals surface area contributed by atoms with E-state index in [4.69, 9.17) is 0 Å². The SMILES string of the molecule is CNC1CCCN(S(=O)(=O)c2c(C)c(C)cc(C)c2C)C1. The van der Waals surface area contributed by atoms with Crippen molar-refractivity contribution in [2.45, 2.75) is 51.5 Å². The minimum atomic E-state index is -3.42. The summed E-state index contributed by atoms with van der Waals surface area (Å²) in [7, 11) is -1.52. The highest BCUT2D eigenvalue weighted by molar-refractivity contribution is 7.89. The molecule has 1 fully saturated rings. The third kappa shape index (κ3) is 3.00. The van der Waals surface area contributed by atoms with Crippen LogP contribution in [0.15, 0.2) is 11.0 Å². The van der Waals surface area contributed by atoms with Gasteiger partial charge in [-0.15, -0.1) is 0 Å². The first-order valence-electron chi connectivity index (χ1n) is 7.54. The van der Waals surface area contributed by atoms with E-state index < -0.39 is 10.0 Å². The van der Waals surface area contributed by atoms with Gasteiger partial charge in [-0.3, -0.25) is 0 Å². The van der Waals surface area contributed by atoms with Gasteiger partial charge in [0, 0.05) is 19.1 Å². The lowest BCUT2D eigenvalue weighted by atomic mass is 10.0. The maximum absolute atomic E-state index is 13.1. The zero-order valence-corrected chi connectivity index (χ0v) is 14.5. The first-order valence-corrected chi connectivity index (χ1v) is 8.98. The number of benzene rings is 1. The predicted octanol–water partition coefficient (Wildman–Crippen LogP) is 2.29. The summed E-state index contributed by atoms with van der Waals surface area (Å²) in [6, 6.07) is 2.32. The Morgan fingerprint density at radius 3 is 2.24 bits per heavy atom. The Labute approximate surface area is 128 Å². The molecule has 1 aromatic rings. The van der Waals surface area contributed by atoms with E-state index in [1.165, 1.54) is 0 Å². The maximum Gasteiger partial charge on any atom is 0.243 e. The number of rotatable bonds is 3. The third-order valence-corrected chi connectivity index (χ3v) is 6.83. The summed E-state index contributed by atoms with van der Waals surface area (Å²) >= 11 is 0. The quantitative estimate of drug-likeness (QED) is 0.932. The second-order valence-electron chi connectivity index (χ2n) is 6.08. The van der Waals surface area contributed by atoms with E-state index >= 15 is 0 Å². The highest BCUT2D eigenvalue weighted by atomic mass is 32.2. The van der Waals surface area contributed by atoms with E-state index in [9.17, 15) is 8.42 Å². The number of hydrogen-bond acceptors (Lipinski definition) is 3. The molecule has 4 nitrogen and oxygen atoms in total. The van der Waals surface area contributed by atoms with Gasteiger partial charge in [-0.25, -0.2) is 8.42 Å². The minimum absolute atomic E-state index is 0.250. The van der Waals surface area contributed by atoms with Crippen LogP contribution in [0.3, 0.4) is 0 Å². The molecule has 0 spiro atoms. The van der Waals surface area contributed by atoms with Crippen molar-refractivity contribution < 1.29 is 8.42 Å². The zero-order valence-electron chi connectivity index (χ0n) is 13.7. The molecule has 1 atom stereocenters. The van der Waals surface area contributed by atoms with Crippen LogP contribution < -0.4 is 5.32 Å². The molecule has 1 aliphatic heterocycles. The van der Waals surface area contributed by atoms with Crippen molar-refractivity contribution in [2.24, 2.45) is 0 Å². The van der Waals surface area contributed by atoms with Crippen molar-refractivity contribution >= 4 is 10.0 Å². The monoisotopic (exact) mass is 310 g/mol. The number of sulfonamides is 1. The number of nitrogens with zero attached hydrogens (tertiary/aromatic N) is 1. The highest BCUT2D eigenvalue weighted by Crippen LogP contribution is 2.30. The van der Waals surface area contributed by atoms with Crippen molar-refractivity contribution in [1.29, 1.82) is 0 Å². The van der Waals surface area contributed by atoms with E-state index in [-0.39, 0.29) is 6.04 Å². The molecule has 5 heteroatoms. The molecule has 0 amide bonds. The average Bonchev–Trinajstić information content (AvgIpc) is 2.45. The summed E-state index contributed by atoms with van der Waals surface area (Å²) in [5.74, 6) is 0. The molecular weight excluding hydrogens is 284 g/mol. The fourth-order valence-corrected chi connectivity index (χ4v) is 5.19. The van der Waals surface area contributed by atoms with Crippen LogP contribution in [0.25, 0.3) is 0 Å². The van der Waals surface area contributed by atoms with Crippen molar-refractivity contribution in [3.8, 4) is 0 Å². The van der Waals surface area contributed by atoms with E-state index in [2.05, 4.69) is 11.4 Å². The van der Waals surface area contributed by atoms with E-state index in [0.29, 0.717) is 18.0 Å². The van der Waals surface area contributed by atoms with Crippen LogP contribution >= 0.6 is 0 Å². The van der Waals surface area contributed by atoms with E-state index in [0.717, 1.165) is 35.1 Å². The predicted molar refractivity (Wildman–Crippen MR) is 86.2 cm³/mol. The van der Waals surface area contributed by atoms with Gasteiger partial charge in [-0.05, 0) is 69.8 Å². The molecule has 0 aromatic heterocycles. The minimum Gasteiger partial charge on any atom is -0.316 e. The van der Waals surface area contributed by atoms with E-state index in [1.54, 1.807) is 4.31 Å². The molecule has 118 valence electrons. The van der Waals surface area contributed by atoms with Crippen molar-refractivity contribution in [3.05, 3.63) is 28.3 Å². The lowest BCUT2D eigenvalue weighted by Crippen LogP contribution is -2.47. The van der Waals surface area contributed by atoms with Gasteiger partial charge in [-0.1, -0.05) is 6.07 Å². The third-order valence-electron chi connectivity index (χ3n) is 4.69. The van der Waals surface area contributed by atoms with Crippen LogP contribution in [0.4, 0.5) is 0 Å². The molecule has 0 bridgehead atoms. The van der Waals surface area contributed by atoms with Gasteiger partial charge < -0.3 is 5.32 Å². The summed E-state index contributed by atoms with van der Waals surface area (Å²) in [5.41, 5.74) is 3.84. The molecule has 0 saturated carbocycles. The van der Waals surface area contributed by atoms with E-state index in [1.807, 2.05) is 34.7 Å². The largest absolute Gasteiger partial charge is 0.316 e. The average molecular weight is 310 g/mol. The lowest BCUT2D eigenvalue weighted by molar-refractivity contribution is 0.292. The van der Waals surface area contributed by atoms with Crippen LogP contribution in [0.1, 0.15) is 35.1 Å². The Hall–Kier alpha value is -0.910. The number of likely N-dealkylation sites (N-methyl/N-ethyl adjacent to an activating group) is 1. The molecule has 2 rings (SSSR count). The van der Waals surface area contributed by atoms with Crippen molar-refractivity contribution in [1.82, 2.24) is 9.62 Å². The molecule has 1 aliphatic rings. The second kappa shape index (κ2) is 6.07. The Morgan fingerprint density at radius 1 is 1.14 bits per heavy atom. The Bertz CT molecular complexity index is 612. The van der Waals surface area contributed by atoms with Crippen LogP contribution in [-0.2, 0) is 10.0 Å². The maximum atomic E-state index is 13.1. The van der Waals surface area contributed by atoms with Crippen LogP contribution in [0.2, 0.25) is 0 Å². The first-order chi connectivity index (χ1) is 9.78. The van der Waals surface area contributed by atoms with Crippen LogP contribution in [0, 0.1) is 27.7 Å². The standard InChI is InChI=1S/C16H26N2O2S/c1-11-9-12(2)14(4)16(13(11)3)21(19,20)18-8-6-7-15(10-18)17-5/h9,15,17H,6-8,10H2,1-5H3. The molecule has 1 N–H and O–H groups in total. The van der Waals surface area contributed by atoms with Gasteiger partial charge in [0.1, 0.15) is 0 Å². The van der Waals surface area contributed by atoms with Gasteiger partial charge in [-0.2, -0.15) is 4.31 Å². The lowest BCUT2D eigenvalue weighted by Gasteiger charge is -2.32. The van der Waals surface area contributed by atoms with Crippen LogP contribution in [-0.4, -0.2) is 38.9 Å². The molecule has 1 saturated heterocycles. The number of piperidine rings is 1. The number of hydrogen-bond donors (Lipinski definition) is 1. The Balaban J connectivity index is 2.50. The topological polar surface area (TPSA) is 49.4 Å². The summed E-state index contributed by atoms with van der Waals surface area (Å²) in [6.07, 6.45) is 1.95.